The number of hydrogen-bond acceptors (Lipinski definition) is 4. The molecule has 1 aliphatic heterocycles. The maximum absolute atomic E-state index is 13.2. The Bertz CT molecular complexity index is 1360. The predicted octanol–water partition coefficient (Wildman–Crippen LogP) is 6.27. The van der Waals surface area contributed by atoms with Crippen LogP contribution in [-0.2, 0) is 0 Å². The lowest BCUT2D eigenvalue weighted by molar-refractivity contribution is 0.102. The highest BCUT2D eigenvalue weighted by atomic mass is 79.9. The predicted molar refractivity (Wildman–Crippen MR) is 138 cm³/mol. The number of carbonyl (C=O) groups excluding carboxylic acids is 1. The summed E-state index contributed by atoms with van der Waals surface area (Å²) in [4.78, 5) is 13.2. The van der Waals surface area contributed by atoms with E-state index in [2.05, 4.69) is 49.9 Å². The van der Waals surface area contributed by atoms with E-state index in [0.29, 0.717) is 11.4 Å². The maximum Gasteiger partial charge on any atom is 0.261 e. The third kappa shape index (κ3) is 4.34. The Morgan fingerprint density at radius 3 is 2.41 bits per heavy atom. The average molecular weight is 515 g/mol. The summed E-state index contributed by atoms with van der Waals surface area (Å²) < 4.78 is 8.16. The van der Waals surface area contributed by atoms with Gasteiger partial charge in [0.1, 0.15) is 17.1 Å². The summed E-state index contributed by atoms with van der Waals surface area (Å²) in [6.07, 6.45) is 3.73. The van der Waals surface area contributed by atoms with Gasteiger partial charge in [-0.15, -0.1) is 0 Å². The van der Waals surface area contributed by atoms with Crippen LogP contribution in [0.4, 0.5) is 11.5 Å². The zero-order valence-corrected chi connectivity index (χ0v) is 20.3. The van der Waals surface area contributed by atoms with Crippen LogP contribution in [0.15, 0.2) is 89.5 Å². The fraction of sp³-hybridized carbons (Fsp3) is 0.111. The number of fused-ring (bicyclic) bond motifs is 1. The van der Waals surface area contributed by atoms with E-state index < -0.39 is 0 Å². The summed E-state index contributed by atoms with van der Waals surface area (Å²) in [5.74, 6) is 1.21. The summed E-state index contributed by atoms with van der Waals surface area (Å²) in [6.45, 7) is 2.01. The van der Waals surface area contributed by atoms with E-state index in [9.17, 15) is 4.79 Å². The topological polar surface area (TPSA) is 68.2 Å². The number of aryl methyl sites for hydroxylation is 1. The van der Waals surface area contributed by atoms with Gasteiger partial charge in [0.2, 0.25) is 0 Å². The van der Waals surface area contributed by atoms with E-state index in [-0.39, 0.29) is 11.9 Å². The van der Waals surface area contributed by atoms with Crippen molar-refractivity contribution in [3.8, 4) is 5.75 Å². The van der Waals surface area contributed by atoms with Crippen molar-refractivity contribution in [1.29, 1.82) is 0 Å². The normalized spacial score (nSPS) is 14.6. The van der Waals surface area contributed by atoms with Crippen LogP contribution in [0.3, 0.4) is 0 Å². The quantitative estimate of drug-likeness (QED) is 0.329. The molecule has 0 saturated heterocycles. The van der Waals surface area contributed by atoms with E-state index in [1.807, 2.05) is 72.3 Å². The molecule has 0 unspecified atom stereocenters. The molecule has 1 amide bonds. The van der Waals surface area contributed by atoms with Gasteiger partial charge in [-0.3, -0.25) is 4.79 Å². The first kappa shape index (κ1) is 22.0. The second kappa shape index (κ2) is 9.19. The van der Waals surface area contributed by atoms with Crippen molar-refractivity contribution in [1.82, 2.24) is 9.78 Å². The summed E-state index contributed by atoms with van der Waals surface area (Å²) in [5.41, 5.74) is 5.29. The zero-order chi connectivity index (χ0) is 23.7. The largest absolute Gasteiger partial charge is 0.497 e. The van der Waals surface area contributed by atoms with Crippen molar-refractivity contribution < 1.29 is 9.53 Å². The number of allylic oxidation sites excluding steroid dienone is 1. The second-order valence-corrected chi connectivity index (χ2v) is 9.02. The molecule has 0 radical (unpaired) electrons. The third-order valence-electron chi connectivity index (χ3n) is 5.80. The van der Waals surface area contributed by atoms with E-state index in [4.69, 9.17) is 4.74 Å². The Kier molecular flexibility index (Phi) is 5.94. The van der Waals surface area contributed by atoms with E-state index in [1.54, 1.807) is 13.3 Å². The number of rotatable bonds is 5. The molecular formula is C27H23BrN4O2. The molecule has 0 saturated carbocycles. The van der Waals surface area contributed by atoms with Crippen LogP contribution in [0, 0.1) is 6.92 Å². The molecule has 6 nitrogen and oxygen atoms in total. The highest BCUT2D eigenvalue weighted by molar-refractivity contribution is 9.10. The molecule has 1 atom stereocenters. The molecule has 0 fully saturated rings. The standard InChI is InChI=1S/C27H23BrN4O2/c1-17-3-11-21(12-4-17)30-27(33)23-16-29-32-25(19-5-9-20(28)10-6-19)15-24(31-26(23)32)18-7-13-22(34-2)14-8-18/h3-16,25,31H,1-2H3,(H,30,33)/t25-/m1/s1. The van der Waals surface area contributed by atoms with Gasteiger partial charge < -0.3 is 15.4 Å². The molecule has 0 bridgehead atoms. The smallest absolute Gasteiger partial charge is 0.261 e. The molecule has 1 aliphatic rings. The number of aromatic nitrogens is 2. The van der Waals surface area contributed by atoms with Crippen LogP contribution in [-0.4, -0.2) is 22.8 Å². The van der Waals surface area contributed by atoms with Crippen molar-refractivity contribution in [2.75, 3.05) is 17.7 Å². The molecule has 7 heteroatoms. The summed E-state index contributed by atoms with van der Waals surface area (Å²) in [5, 5.41) is 11.0. The van der Waals surface area contributed by atoms with Crippen molar-refractivity contribution in [2.24, 2.45) is 0 Å². The fourth-order valence-electron chi connectivity index (χ4n) is 3.93. The zero-order valence-electron chi connectivity index (χ0n) is 18.7. The molecular weight excluding hydrogens is 492 g/mol. The monoisotopic (exact) mass is 514 g/mol. The van der Waals surface area contributed by atoms with Crippen molar-refractivity contribution in [3.05, 3.63) is 112 Å². The van der Waals surface area contributed by atoms with E-state index in [0.717, 1.165) is 38.3 Å². The Labute approximate surface area is 206 Å². The number of amides is 1. The molecule has 3 aromatic carbocycles. The molecule has 170 valence electrons. The number of benzene rings is 3. The minimum atomic E-state index is -0.219. The Balaban J connectivity index is 1.54. The van der Waals surface area contributed by atoms with Gasteiger partial charge in [0, 0.05) is 15.9 Å². The van der Waals surface area contributed by atoms with Gasteiger partial charge in [-0.05, 0) is 72.7 Å². The number of methoxy groups -OCH3 is 1. The van der Waals surface area contributed by atoms with Crippen molar-refractivity contribution in [2.45, 2.75) is 13.0 Å². The minimum Gasteiger partial charge on any atom is -0.497 e. The lowest BCUT2D eigenvalue weighted by atomic mass is 10.0. The van der Waals surface area contributed by atoms with Crippen molar-refractivity contribution in [3.63, 3.8) is 0 Å². The molecule has 0 spiro atoms. The van der Waals surface area contributed by atoms with Crippen LogP contribution in [0.5, 0.6) is 5.75 Å². The number of nitrogens with one attached hydrogen (secondary N) is 2. The van der Waals surface area contributed by atoms with Gasteiger partial charge in [-0.1, -0.05) is 45.8 Å². The van der Waals surface area contributed by atoms with E-state index >= 15 is 0 Å². The number of anilines is 2. The van der Waals surface area contributed by atoms with Gasteiger partial charge in [0.05, 0.1) is 19.3 Å². The number of nitrogens with zero attached hydrogens (tertiary/aromatic N) is 2. The van der Waals surface area contributed by atoms with Crippen LogP contribution in [0.1, 0.15) is 33.1 Å². The lowest BCUT2D eigenvalue weighted by Gasteiger charge is -2.26. The molecule has 34 heavy (non-hydrogen) atoms. The molecule has 2 heterocycles. The molecule has 0 aliphatic carbocycles. The summed E-state index contributed by atoms with van der Waals surface area (Å²) in [7, 11) is 1.65. The van der Waals surface area contributed by atoms with Crippen LogP contribution >= 0.6 is 15.9 Å². The van der Waals surface area contributed by atoms with Gasteiger partial charge in [-0.25, -0.2) is 4.68 Å². The first-order valence-corrected chi connectivity index (χ1v) is 11.7. The first-order chi connectivity index (χ1) is 16.5. The first-order valence-electron chi connectivity index (χ1n) is 10.9. The van der Waals surface area contributed by atoms with Gasteiger partial charge in [0.15, 0.2) is 0 Å². The lowest BCUT2D eigenvalue weighted by Crippen LogP contribution is -2.22. The second-order valence-electron chi connectivity index (χ2n) is 8.10. The van der Waals surface area contributed by atoms with Crippen LogP contribution in [0.25, 0.3) is 5.70 Å². The Morgan fingerprint density at radius 2 is 1.74 bits per heavy atom. The maximum atomic E-state index is 13.2. The fourth-order valence-corrected chi connectivity index (χ4v) is 4.20. The number of ether oxygens (including phenoxy) is 1. The van der Waals surface area contributed by atoms with Gasteiger partial charge >= 0.3 is 0 Å². The van der Waals surface area contributed by atoms with Crippen LogP contribution in [0.2, 0.25) is 0 Å². The van der Waals surface area contributed by atoms with Gasteiger partial charge in [0.25, 0.3) is 5.91 Å². The van der Waals surface area contributed by atoms with Crippen molar-refractivity contribution >= 4 is 39.0 Å². The number of halogens is 1. The third-order valence-corrected chi connectivity index (χ3v) is 6.33. The van der Waals surface area contributed by atoms with Crippen LogP contribution < -0.4 is 15.4 Å². The summed E-state index contributed by atoms with van der Waals surface area (Å²) in [6, 6.07) is 23.5. The molecule has 5 rings (SSSR count). The Morgan fingerprint density at radius 1 is 1.03 bits per heavy atom. The number of carbonyl (C=O) groups is 1. The Hall–Kier alpha value is -3.84. The molecule has 2 N–H and O–H groups in total. The molecule has 1 aromatic heterocycles. The highest BCUT2D eigenvalue weighted by Crippen LogP contribution is 2.36. The van der Waals surface area contributed by atoms with E-state index in [1.165, 1.54) is 0 Å². The van der Waals surface area contributed by atoms with Gasteiger partial charge in [-0.2, -0.15) is 5.10 Å². The molecule has 4 aromatic rings. The number of hydrogen-bond donors (Lipinski definition) is 2. The minimum absolute atomic E-state index is 0.178. The highest BCUT2D eigenvalue weighted by Gasteiger charge is 2.28. The summed E-state index contributed by atoms with van der Waals surface area (Å²) >= 11 is 3.51. The SMILES string of the molecule is COc1ccc(C2=C[C@H](c3ccc(Br)cc3)n3ncc(C(=O)Nc4ccc(C)cc4)c3N2)cc1. The average Bonchev–Trinajstić information content (AvgIpc) is 3.30.